The Kier molecular flexibility index (Phi) is 7.59. The molecule has 2 amide bonds. The van der Waals surface area contributed by atoms with E-state index in [-0.39, 0.29) is 29.9 Å². The van der Waals surface area contributed by atoms with Crippen LogP contribution in [0.25, 0.3) is 0 Å². The summed E-state index contributed by atoms with van der Waals surface area (Å²) in [7, 11) is -3.82. The van der Waals surface area contributed by atoms with Crippen LogP contribution in [0.15, 0.2) is 30.3 Å². The van der Waals surface area contributed by atoms with Crippen molar-refractivity contribution in [2.75, 3.05) is 19.4 Å². The van der Waals surface area contributed by atoms with Crippen molar-refractivity contribution in [1.82, 2.24) is 9.62 Å². The molecule has 7 nitrogen and oxygen atoms in total. The van der Waals surface area contributed by atoms with E-state index in [2.05, 4.69) is 0 Å². The number of nitrogens with zero attached hydrogens (tertiary/aromatic N) is 1. The molecule has 1 atom stereocenters. The molecule has 0 bridgehead atoms. The maximum absolute atomic E-state index is 14.7. The molecule has 1 unspecified atom stereocenters. The number of halogens is 3. The van der Waals surface area contributed by atoms with Gasteiger partial charge >= 0.3 is 0 Å². The highest BCUT2D eigenvalue weighted by atomic mass is 35.5. The molecule has 2 aromatic rings. The van der Waals surface area contributed by atoms with Gasteiger partial charge in [0.15, 0.2) is 0 Å². The third-order valence-electron chi connectivity index (χ3n) is 6.03. The van der Waals surface area contributed by atoms with E-state index in [9.17, 15) is 22.4 Å². The van der Waals surface area contributed by atoms with Gasteiger partial charge in [0.05, 0.1) is 18.4 Å². The van der Waals surface area contributed by atoms with Crippen molar-refractivity contribution < 1.29 is 27.1 Å². The first-order chi connectivity index (χ1) is 16.5. The van der Waals surface area contributed by atoms with Crippen LogP contribution in [0.4, 0.5) is 4.39 Å². The van der Waals surface area contributed by atoms with Gasteiger partial charge in [-0.1, -0.05) is 23.2 Å². The number of carbonyl (C=O) groups is 2. The second kappa shape index (κ2) is 10.3. The van der Waals surface area contributed by atoms with E-state index in [0.717, 1.165) is 37.1 Å². The minimum absolute atomic E-state index is 0.0117. The smallest absolute Gasteiger partial charge is 0.267 e. The van der Waals surface area contributed by atoms with Crippen molar-refractivity contribution in [3.05, 3.63) is 62.9 Å². The van der Waals surface area contributed by atoms with Gasteiger partial charge in [-0.25, -0.2) is 17.5 Å². The molecule has 188 valence electrons. The molecule has 2 aromatic carbocycles. The van der Waals surface area contributed by atoms with E-state index in [1.165, 1.54) is 6.07 Å². The average Bonchev–Trinajstić information content (AvgIpc) is 3.57. The quantitative estimate of drug-likeness (QED) is 0.529. The number of piperidine rings is 1. The zero-order valence-corrected chi connectivity index (χ0v) is 21.4. The van der Waals surface area contributed by atoms with Crippen LogP contribution in [0.1, 0.15) is 53.1 Å². The Hall–Kier alpha value is -2.36. The van der Waals surface area contributed by atoms with Crippen LogP contribution in [0.2, 0.25) is 10.0 Å². The predicted octanol–water partition coefficient (Wildman–Crippen LogP) is 4.52. The monoisotopic (exact) mass is 542 g/mol. The Morgan fingerprint density at radius 3 is 2.43 bits per heavy atom. The highest BCUT2D eigenvalue weighted by molar-refractivity contribution is 7.89. The minimum atomic E-state index is -3.82. The second-order valence-electron chi connectivity index (χ2n) is 9.11. The first-order valence-corrected chi connectivity index (χ1v) is 13.8. The van der Waals surface area contributed by atoms with Crippen molar-refractivity contribution in [1.29, 1.82) is 0 Å². The van der Waals surface area contributed by atoms with Crippen LogP contribution < -0.4 is 9.46 Å². The highest BCUT2D eigenvalue weighted by Gasteiger charge is 2.31. The molecule has 0 radical (unpaired) electrons. The summed E-state index contributed by atoms with van der Waals surface area (Å²) in [5, 5.41) is 1.03. The summed E-state index contributed by atoms with van der Waals surface area (Å²) >= 11 is 12.1. The molecule has 1 N–H and O–H groups in total. The zero-order chi connectivity index (χ0) is 25.3. The molecule has 1 aliphatic heterocycles. The number of rotatable bonds is 8. The number of sulfonamides is 1. The normalized spacial score (nSPS) is 18.5. The molecular formula is C24H25Cl2FN2O5S. The fraction of sp³-hybridized carbons (Fsp3) is 0.417. The van der Waals surface area contributed by atoms with Crippen molar-refractivity contribution in [2.45, 2.75) is 38.1 Å². The number of likely N-dealkylation sites (tertiary alicyclic amines) is 1. The minimum Gasteiger partial charge on any atom is -0.493 e. The Morgan fingerprint density at radius 2 is 1.83 bits per heavy atom. The van der Waals surface area contributed by atoms with Gasteiger partial charge in [-0.2, -0.15) is 0 Å². The van der Waals surface area contributed by atoms with E-state index in [1.807, 2.05) is 0 Å². The molecule has 35 heavy (non-hydrogen) atoms. The summed E-state index contributed by atoms with van der Waals surface area (Å²) < 4.78 is 45.1. The van der Waals surface area contributed by atoms with E-state index >= 15 is 0 Å². The van der Waals surface area contributed by atoms with Crippen LogP contribution in [0, 0.1) is 11.7 Å². The largest absolute Gasteiger partial charge is 0.493 e. The van der Waals surface area contributed by atoms with Crippen LogP contribution in [-0.4, -0.2) is 44.5 Å². The molecular weight excluding hydrogens is 518 g/mol. The van der Waals surface area contributed by atoms with Crippen LogP contribution >= 0.6 is 23.2 Å². The maximum atomic E-state index is 14.7. The molecule has 1 heterocycles. The number of ether oxygens (including phenoxy) is 1. The van der Waals surface area contributed by atoms with Gasteiger partial charge in [0.25, 0.3) is 5.91 Å². The van der Waals surface area contributed by atoms with E-state index in [0.29, 0.717) is 40.9 Å². The van der Waals surface area contributed by atoms with E-state index in [4.69, 9.17) is 27.9 Å². The van der Waals surface area contributed by atoms with Gasteiger partial charge in [0.2, 0.25) is 15.9 Å². The number of hydrogen-bond donors (Lipinski definition) is 1. The topological polar surface area (TPSA) is 92.8 Å². The first kappa shape index (κ1) is 25.7. The molecule has 0 aromatic heterocycles. The van der Waals surface area contributed by atoms with Crippen molar-refractivity contribution in [3.63, 3.8) is 0 Å². The average molecular weight is 543 g/mol. The number of nitrogens with one attached hydrogen (secondary N) is 1. The van der Waals surface area contributed by atoms with Gasteiger partial charge in [0, 0.05) is 41.5 Å². The lowest BCUT2D eigenvalue weighted by atomic mass is 9.96. The number of amides is 2. The molecule has 1 saturated heterocycles. The lowest BCUT2D eigenvalue weighted by Crippen LogP contribution is -2.39. The zero-order valence-electron chi connectivity index (χ0n) is 19.0. The lowest BCUT2D eigenvalue weighted by molar-refractivity contribution is -0.136. The van der Waals surface area contributed by atoms with Crippen molar-refractivity contribution in [2.24, 2.45) is 5.92 Å². The SMILES string of the molecule is CS(=O)(=O)NC(=O)c1cc(C2CC2)c(OCC2CCN(Cc3cc(Cl)cc(Cl)c3)C(=O)C2)cc1F. The van der Waals surface area contributed by atoms with Crippen LogP contribution in [0.3, 0.4) is 0 Å². The fourth-order valence-electron chi connectivity index (χ4n) is 4.19. The third-order valence-corrected chi connectivity index (χ3v) is 7.03. The highest BCUT2D eigenvalue weighted by Crippen LogP contribution is 2.45. The van der Waals surface area contributed by atoms with Gasteiger partial charge in [0.1, 0.15) is 11.6 Å². The summed E-state index contributed by atoms with van der Waals surface area (Å²) in [6, 6.07) is 7.70. The summed E-state index contributed by atoms with van der Waals surface area (Å²) in [6.07, 6.45) is 3.60. The standard InChI is InChI=1S/C24H25Cl2FN2O5S/c1-35(32,33)28-24(31)20-10-19(16-2-3-16)22(11-21(20)27)34-13-14-4-5-29(23(30)8-14)12-15-6-17(25)9-18(26)7-15/h6-7,9-11,14,16H,2-5,8,12-13H2,1H3,(H,28,31). The second-order valence-corrected chi connectivity index (χ2v) is 11.7. The fourth-order valence-corrected chi connectivity index (χ4v) is 5.21. The van der Waals surface area contributed by atoms with Gasteiger partial charge < -0.3 is 9.64 Å². The Bertz CT molecular complexity index is 1250. The predicted molar refractivity (Wildman–Crippen MR) is 131 cm³/mol. The van der Waals surface area contributed by atoms with Crippen LogP contribution in [0.5, 0.6) is 5.75 Å². The van der Waals surface area contributed by atoms with Gasteiger partial charge in [-0.05, 0) is 60.6 Å². The summed E-state index contributed by atoms with van der Waals surface area (Å²) in [5.41, 5.74) is 1.19. The van der Waals surface area contributed by atoms with Crippen molar-refractivity contribution >= 4 is 45.0 Å². The molecule has 1 saturated carbocycles. The van der Waals surface area contributed by atoms with Crippen molar-refractivity contribution in [3.8, 4) is 5.75 Å². The Morgan fingerprint density at radius 1 is 1.14 bits per heavy atom. The van der Waals surface area contributed by atoms with Crippen LogP contribution in [-0.2, 0) is 21.4 Å². The third kappa shape index (κ3) is 6.86. The van der Waals surface area contributed by atoms with E-state index in [1.54, 1.807) is 27.8 Å². The molecule has 4 rings (SSSR count). The molecule has 11 heteroatoms. The molecule has 2 aliphatic rings. The summed E-state index contributed by atoms with van der Waals surface area (Å²) in [6.45, 7) is 1.20. The van der Waals surface area contributed by atoms with E-state index < -0.39 is 21.7 Å². The molecule has 2 fully saturated rings. The Labute approximate surface area is 213 Å². The first-order valence-electron chi connectivity index (χ1n) is 11.2. The number of hydrogen-bond acceptors (Lipinski definition) is 5. The maximum Gasteiger partial charge on any atom is 0.267 e. The number of benzene rings is 2. The lowest BCUT2D eigenvalue weighted by Gasteiger charge is -2.32. The molecule has 0 spiro atoms. The summed E-state index contributed by atoms with van der Waals surface area (Å²) in [5.74, 6) is -1.48. The Balaban J connectivity index is 1.39. The van der Waals surface area contributed by atoms with Gasteiger partial charge in [-0.3, -0.25) is 9.59 Å². The van der Waals surface area contributed by atoms with Gasteiger partial charge in [-0.15, -0.1) is 0 Å². The molecule has 1 aliphatic carbocycles. The number of carbonyl (C=O) groups excluding carboxylic acids is 2. The summed E-state index contributed by atoms with van der Waals surface area (Å²) in [4.78, 5) is 26.7.